The Balaban J connectivity index is 3.83. The van der Waals surface area contributed by atoms with Crippen molar-refractivity contribution in [2.24, 2.45) is 5.73 Å². The van der Waals surface area contributed by atoms with Crippen LogP contribution in [0.5, 0.6) is 0 Å². The molecule has 75 heavy (non-hydrogen) atoms. The Hall–Kier alpha value is -1.25. The van der Waals surface area contributed by atoms with E-state index in [2.05, 4.69) is 26.0 Å². The molecule has 0 saturated heterocycles. The molecular weight excluding hydrogens is 954 g/mol. The van der Waals surface area contributed by atoms with Gasteiger partial charge in [-0.3, -0.25) is 18.6 Å². The number of hydrogen-bond acceptors (Lipinski definition) is 8. The lowest BCUT2D eigenvalue weighted by Gasteiger charge is -2.19. The van der Waals surface area contributed by atoms with Crippen molar-refractivity contribution in [2.75, 3.05) is 26.4 Å². The molecule has 0 rings (SSSR count). The van der Waals surface area contributed by atoms with E-state index in [-0.39, 0.29) is 38.6 Å². The summed E-state index contributed by atoms with van der Waals surface area (Å²) in [6.07, 6.45) is 73.0. The summed E-state index contributed by atoms with van der Waals surface area (Å²) in [5.41, 5.74) is 5.40. The summed E-state index contributed by atoms with van der Waals surface area (Å²) in [4.78, 5) is 35.3. The maximum absolute atomic E-state index is 12.7. The highest BCUT2D eigenvalue weighted by molar-refractivity contribution is 7.47. The summed E-state index contributed by atoms with van der Waals surface area (Å²) in [6.45, 7) is 3.83. The first-order chi connectivity index (χ1) is 36.8. The zero-order chi connectivity index (χ0) is 54.5. The van der Waals surface area contributed by atoms with E-state index in [4.69, 9.17) is 24.3 Å². The van der Waals surface area contributed by atoms with E-state index in [0.717, 1.165) is 32.1 Å². The molecule has 0 fully saturated rings. The van der Waals surface area contributed by atoms with E-state index >= 15 is 0 Å². The molecule has 0 amide bonds. The number of carbonyl (C=O) groups excluding carboxylic acids is 2. The molecule has 0 bridgehead atoms. The number of unbranched alkanes of at least 4 members (excludes halogenated alkanes) is 49. The van der Waals surface area contributed by atoms with Crippen molar-refractivity contribution >= 4 is 19.8 Å². The van der Waals surface area contributed by atoms with Crippen LogP contribution in [-0.4, -0.2) is 49.3 Å². The smallest absolute Gasteiger partial charge is 0.462 e. The van der Waals surface area contributed by atoms with E-state index in [1.54, 1.807) is 0 Å². The third-order valence-electron chi connectivity index (χ3n) is 15.2. The number of rotatable bonds is 64. The normalized spacial score (nSPS) is 13.0. The number of carbonyl (C=O) groups is 2. The molecule has 9 nitrogen and oxygen atoms in total. The summed E-state index contributed by atoms with van der Waals surface area (Å²) in [5, 5.41) is 0. The van der Waals surface area contributed by atoms with Crippen molar-refractivity contribution in [1.82, 2.24) is 0 Å². The van der Waals surface area contributed by atoms with Crippen molar-refractivity contribution < 1.29 is 37.6 Å². The molecule has 446 valence electrons. The summed E-state index contributed by atoms with van der Waals surface area (Å²) in [5.74, 6) is -0.801. The summed E-state index contributed by atoms with van der Waals surface area (Å²) >= 11 is 0. The molecule has 0 aromatic heterocycles. The minimum absolute atomic E-state index is 0.0578. The minimum Gasteiger partial charge on any atom is -0.462 e. The van der Waals surface area contributed by atoms with Crippen LogP contribution in [0.4, 0.5) is 0 Å². The zero-order valence-electron chi connectivity index (χ0n) is 50.1. The largest absolute Gasteiger partial charge is 0.472 e. The Labute approximate surface area is 466 Å². The van der Waals surface area contributed by atoms with E-state index < -0.39 is 26.5 Å². The lowest BCUT2D eigenvalue weighted by molar-refractivity contribution is -0.161. The molecule has 0 aliphatic rings. The van der Waals surface area contributed by atoms with Crippen molar-refractivity contribution in [3.63, 3.8) is 0 Å². The second kappa shape index (κ2) is 62.0. The molecule has 0 aromatic rings. The molecule has 0 aliphatic heterocycles. The van der Waals surface area contributed by atoms with Crippen molar-refractivity contribution in [3.05, 3.63) is 12.2 Å². The number of esters is 2. The number of phosphoric acid groups is 1. The average Bonchev–Trinajstić information content (AvgIpc) is 3.40. The molecular formula is C65H128NO8P. The van der Waals surface area contributed by atoms with Crippen LogP contribution < -0.4 is 5.73 Å². The van der Waals surface area contributed by atoms with Gasteiger partial charge >= 0.3 is 19.8 Å². The molecule has 0 spiro atoms. The molecule has 0 radical (unpaired) electrons. The van der Waals surface area contributed by atoms with Crippen LogP contribution in [0.3, 0.4) is 0 Å². The van der Waals surface area contributed by atoms with Gasteiger partial charge < -0.3 is 20.1 Å². The number of allylic oxidation sites excluding steroid dienone is 2. The first-order valence-electron chi connectivity index (χ1n) is 33.2. The molecule has 10 heteroatoms. The van der Waals surface area contributed by atoms with Crippen molar-refractivity contribution in [1.29, 1.82) is 0 Å². The number of phosphoric ester groups is 1. The Morgan fingerprint density at radius 1 is 0.387 bits per heavy atom. The lowest BCUT2D eigenvalue weighted by atomic mass is 10.0. The van der Waals surface area contributed by atoms with Crippen LogP contribution in [0, 0.1) is 0 Å². The van der Waals surface area contributed by atoms with Gasteiger partial charge in [0.05, 0.1) is 13.2 Å². The van der Waals surface area contributed by atoms with Gasteiger partial charge in [0.15, 0.2) is 6.10 Å². The van der Waals surface area contributed by atoms with E-state index in [1.807, 2.05) is 0 Å². The van der Waals surface area contributed by atoms with Crippen LogP contribution in [0.25, 0.3) is 0 Å². The van der Waals surface area contributed by atoms with Crippen molar-refractivity contribution in [2.45, 2.75) is 367 Å². The van der Waals surface area contributed by atoms with Gasteiger partial charge in [0, 0.05) is 19.4 Å². The Kier molecular flexibility index (Phi) is 60.9. The van der Waals surface area contributed by atoms with Gasteiger partial charge in [0.1, 0.15) is 6.61 Å². The monoisotopic (exact) mass is 1080 g/mol. The van der Waals surface area contributed by atoms with Gasteiger partial charge in [-0.25, -0.2) is 4.57 Å². The minimum atomic E-state index is -4.38. The first kappa shape index (κ1) is 73.8. The maximum Gasteiger partial charge on any atom is 0.472 e. The number of nitrogens with two attached hydrogens (primary N) is 1. The SMILES string of the molecule is CCCCCCCCCC/C=C\CCCCCCCCCCCCCCCCCCCCCC(=O)OC(COC(=O)CCCCCCCCCCCCCCCCCCCCCCCCC)COP(=O)(O)OCCN. The Bertz CT molecular complexity index is 1230. The highest BCUT2D eigenvalue weighted by Gasteiger charge is 2.26. The van der Waals surface area contributed by atoms with Gasteiger partial charge in [-0.15, -0.1) is 0 Å². The Morgan fingerprint density at radius 2 is 0.653 bits per heavy atom. The topological polar surface area (TPSA) is 134 Å². The standard InChI is InChI=1S/C65H128NO8P/c1-3-5-7-9-11-13-15-17-19-21-23-25-27-28-29-30-31-32-33-34-36-38-40-42-44-46-48-50-52-54-56-58-65(68)74-63(62-73-75(69,70)72-60-59-66)61-71-64(67)57-55-53-51-49-47-45-43-41-39-37-35-26-24-22-20-18-16-14-12-10-8-6-4-2/h21,23,63H,3-20,22,24-62,66H2,1-2H3,(H,69,70)/b23-21-. The predicted octanol–water partition coefficient (Wildman–Crippen LogP) is 21.2. The molecule has 0 aromatic carbocycles. The fourth-order valence-electron chi connectivity index (χ4n) is 10.2. The molecule has 2 unspecified atom stereocenters. The fourth-order valence-corrected chi connectivity index (χ4v) is 11.0. The third kappa shape index (κ3) is 61.8. The van der Waals surface area contributed by atoms with E-state index in [0.29, 0.717) is 6.42 Å². The van der Waals surface area contributed by atoms with Gasteiger partial charge in [-0.05, 0) is 38.5 Å². The average molecular weight is 1080 g/mol. The van der Waals surface area contributed by atoms with E-state index in [9.17, 15) is 19.0 Å². The number of hydrogen-bond donors (Lipinski definition) is 2. The maximum atomic E-state index is 12.7. The molecule has 2 atom stereocenters. The molecule has 0 aliphatic carbocycles. The van der Waals surface area contributed by atoms with Crippen molar-refractivity contribution in [3.8, 4) is 0 Å². The first-order valence-corrected chi connectivity index (χ1v) is 34.7. The molecule has 0 heterocycles. The number of ether oxygens (including phenoxy) is 2. The predicted molar refractivity (Wildman–Crippen MR) is 321 cm³/mol. The highest BCUT2D eigenvalue weighted by atomic mass is 31.2. The molecule has 3 N–H and O–H groups in total. The van der Waals surface area contributed by atoms with Gasteiger partial charge in [0.2, 0.25) is 0 Å². The fraction of sp³-hybridized carbons (Fsp3) is 0.938. The van der Waals surface area contributed by atoms with Crippen LogP contribution in [0.2, 0.25) is 0 Å². The van der Waals surface area contributed by atoms with E-state index in [1.165, 1.54) is 295 Å². The van der Waals surface area contributed by atoms with Gasteiger partial charge in [0.25, 0.3) is 0 Å². The highest BCUT2D eigenvalue weighted by Crippen LogP contribution is 2.43. The van der Waals surface area contributed by atoms with Crippen LogP contribution in [-0.2, 0) is 32.7 Å². The zero-order valence-corrected chi connectivity index (χ0v) is 51.0. The second-order valence-corrected chi connectivity index (χ2v) is 24.2. The van der Waals surface area contributed by atoms with Crippen LogP contribution in [0.1, 0.15) is 361 Å². The lowest BCUT2D eigenvalue weighted by Crippen LogP contribution is -2.29. The Morgan fingerprint density at radius 3 is 0.947 bits per heavy atom. The van der Waals surface area contributed by atoms with Gasteiger partial charge in [-0.2, -0.15) is 0 Å². The third-order valence-corrected chi connectivity index (χ3v) is 16.1. The van der Waals surface area contributed by atoms with Crippen LogP contribution >= 0.6 is 7.82 Å². The summed E-state index contributed by atoms with van der Waals surface area (Å²) in [6, 6.07) is 0. The van der Waals surface area contributed by atoms with Crippen LogP contribution in [0.15, 0.2) is 12.2 Å². The quantitative estimate of drug-likeness (QED) is 0.0264. The summed E-state index contributed by atoms with van der Waals surface area (Å²) in [7, 11) is -4.38. The van der Waals surface area contributed by atoms with Gasteiger partial charge in [-0.1, -0.05) is 321 Å². The second-order valence-electron chi connectivity index (χ2n) is 22.7. The molecule has 0 saturated carbocycles. The summed E-state index contributed by atoms with van der Waals surface area (Å²) < 4.78 is 33.1.